The summed E-state index contributed by atoms with van der Waals surface area (Å²) in [6.45, 7) is 8.26. The van der Waals surface area contributed by atoms with E-state index in [1.165, 1.54) is 6.33 Å². The van der Waals surface area contributed by atoms with Gasteiger partial charge in [0.2, 0.25) is 0 Å². The van der Waals surface area contributed by atoms with E-state index in [9.17, 15) is 0 Å². The monoisotopic (exact) mass is 267 g/mol. The lowest BCUT2D eigenvalue weighted by molar-refractivity contribution is 0.712. The summed E-state index contributed by atoms with van der Waals surface area (Å²) >= 11 is 6.18. The Morgan fingerprint density at radius 1 is 1.28 bits per heavy atom. The van der Waals surface area contributed by atoms with Crippen molar-refractivity contribution in [3.63, 3.8) is 0 Å². The number of hydrogen-bond acceptors (Lipinski definition) is 4. The summed E-state index contributed by atoms with van der Waals surface area (Å²) in [6.07, 6.45) is 3.67. The van der Waals surface area contributed by atoms with Crippen molar-refractivity contribution in [3.8, 4) is 0 Å². The first-order valence-electron chi connectivity index (χ1n) is 6.29. The Morgan fingerprint density at radius 3 is 2.56 bits per heavy atom. The maximum Gasteiger partial charge on any atom is 0.255 e. The van der Waals surface area contributed by atoms with Crippen LogP contribution in [-0.2, 0) is 0 Å². The van der Waals surface area contributed by atoms with E-state index >= 15 is 0 Å². The first-order chi connectivity index (χ1) is 8.69. The van der Waals surface area contributed by atoms with Crippen molar-refractivity contribution in [2.24, 2.45) is 0 Å². The summed E-state index contributed by atoms with van der Waals surface area (Å²) in [5, 5.41) is 4.75. The van der Waals surface area contributed by atoms with Gasteiger partial charge in [-0.05, 0) is 19.8 Å². The number of aromatic nitrogens is 4. The van der Waals surface area contributed by atoms with Crippen LogP contribution in [0.4, 0.5) is 5.82 Å². The van der Waals surface area contributed by atoms with E-state index in [1.54, 1.807) is 4.52 Å². The van der Waals surface area contributed by atoms with Crippen LogP contribution < -0.4 is 4.90 Å². The van der Waals surface area contributed by atoms with Gasteiger partial charge in [0.05, 0.1) is 0 Å². The van der Waals surface area contributed by atoms with E-state index in [-0.39, 0.29) is 0 Å². The normalized spacial score (nSPS) is 11.1. The molecule has 5 nitrogen and oxygen atoms in total. The molecular weight excluding hydrogens is 250 g/mol. The number of hydrogen-bond donors (Lipinski definition) is 0. The van der Waals surface area contributed by atoms with E-state index in [4.69, 9.17) is 11.6 Å². The molecule has 18 heavy (non-hydrogen) atoms. The largest absolute Gasteiger partial charge is 0.356 e. The Labute approximate surface area is 112 Å². The van der Waals surface area contributed by atoms with E-state index in [0.29, 0.717) is 10.9 Å². The van der Waals surface area contributed by atoms with Crippen LogP contribution in [0.2, 0.25) is 5.15 Å². The van der Waals surface area contributed by atoms with Crippen molar-refractivity contribution < 1.29 is 0 Å². The predicted molar refractivity (Wildman–Crippen MR) is 73.3 cm³/mol. The number of rotatable bonds is 5. The Morgan fingerprint density at radius 2 is 1.94 bits per heavy atom. The second kappa shape index (κ2) is 5.52. The van der Waals surface area contributed by atoms with Crippen LogP contribution in [-0.4, -0.2) is 32.7 Å². The van der Waals surface area contributed by atoms with Crippen LogP contribution in [0.3, 0.4) is 0 Å². The summed E-state index contributed by atoms with van der Waals surface area (Å²) in [5.41, 5.74) is 0.955. The lowest BCUT2D eigenvalue weighted by Crippen LogP contribution is -2.28. The zero-order valence-corrected chi connectivity index (χ0v) is 11.8. The Hall–Kier alpha value is -1.36. The molecule has 0 radical (unpaired) electrons. The van der Waals surface area contributed by atoms with Gasteiger partial charge in [-0.3, -0.25) is 0 Å². The fourth-order valence-corrected chi connectivity index (χ4v) is 2.28. The minimum absolute atomic E-state index is 0.503. The van der Waals surface area contributed by atoms with Crippen LogP contribution >= 0.6 is 11.6 Å². The van der Waals surface area contributed by atoms with E-state index in [1.807, 2.05) is 6.92 Å². The molecule has 2 rings (SSSR count). The fourth-order valence-electron chi connectivity index (χ4n) is 2.12. The molecule has 0 atom stereocenters. The molecular formula is C12H18ClN5. The van der Waals surface area contributed by atoms with Gasteiger partial charge in [-0.25, -0.2) is 0 Å². The van der Waals surface area contributed by atoms with Crippen LogP contribution in [0.15, 0.2) is 6.33 Å². The molecule has 6 heteroatoms. The van der Waals surface area contributed by atoms with Crippen LogP contribution in [0.25, 0.3) is 5.78 Å². The van der Waals surface area contributed by atoms with Crippen molar-refractivity contribution >= 4 is 23.2 Å². The molecule has 0 saturated heterocycles. The van der Waals surface area contributed by atoms with Gasteiger partial charge in [0.15, 0.2) is 0 Å². The van der Waals surface area contributed by atoms with Gasteiger partial charge in [-0.2, -0.15) is 19.6 Å². The average molecular weight is 268 g/mol. The van der Waals surface area contributed by atoms with Crippen molar-refractivity contribution in [1.82, 2.24) is 19.6 Å². The molecule has 2 heterocycles. The third-order valence-electron chi connectivity index (χ3n) is 2.86. The highest BCUT2D eigenvalue weighted by Crippen LogP contribution is 2.25. The zero-order chi connectivity index (χ0) is 13.1. The predicted octanol–water partition coefficient (Wildman–Crippen LogP) is 2.71. The molecule has 0 aliphatic rings. The summed E-state index contributed by atoms with van der Waals surface area (Å²) in [7, 11) is 0. The minimum atomic E-state index is 0.503. The van der Waals surface area contributed by atoms with Gasteiger partial charge in [-0.1, -0.05) is 25.4 Å². The van der Waals surface area contributed by atoms with Gasteiger partial charge >= 0.3 is 0 Å². The Kier molecular flexibility index (Phi) is 4.01. The van der Waals surface area contributed by atoms with Crippen molar-refractivity contribution in [2.75, 3.05) is 18.0 Å². The van der Waals surface area contributed by atoms with Gasteiger partial charge in [0, 0.05) is 18.7 Å². The van der Waals surface area contributed by atoms with Crippen molar-refractivity contribution in [2.45, 2.75) is 33.6 Å². The number of anilines is 1. The zero-order valence-electron chi connectivity index (χ0n) is 11.0. The first-order valence-corrected chi connectivity index (χ1v) is 6.67. The first kappa shape index (κ1) is 13.1. The molecule has 0 amide bonds. The van der Waals surface area contributed by atoms with Gasteiger partial charge in [0.1, 0.15) is 17.3 Å². The van der Waals surface area contributed by atoms with Crippen molar-refractivity contribution in [1.29, 1.82) is 0 Å². The summed E-state index contributed by atoms with van der Waals surface area (Å²) < 4.78 is 1.77. The maximum absolute atomic E-state index is 6.18. The third kappa shape index (κ3) is 2.27. The molecule has 2 aromatic heterocycles. The van der Waals surface area contributed by atoms with Crippen LogP contribution in [0, 0.1) is 6.92 Å². The molecule has 0 aliphatic heterocycles. The number of fused-ring (bicyclic) bond motifs is 1. The quantitative estimate of drug-likeness (QED) is 0.782. The lowest BCUT2D eigenvalue weighted by Gasteiger charge is -2.25. The van der Waals surface area contributed by atoms with Crippen molar-refractivity contribution in [3.05, 3.63) is 17.0 Å². The van der Waals surface area contributed by atoms with Gasteiger partial charge < -0.3 is 4.90 Å². The molecule has 0 saturated carbocycles. The van der Waals surface area contributed by atoms with E-state index in [2.05, 4.69) is 33.8 Å². The topological polar surface area (TPSA) is 46.3 Å². The van der Waals surface area contributed by atoms with Crippen LogP contribution in [0.5, 0.6) is 0 Å². The van der Waals surface area contributed by atoms with E-state index in [0.717, 1.165) is 37.3 Å². The molecule has 0 fully saturated rings. The molecule has 0 unspecified atom stereocenters. The highest BCUT2D eigenvalue weighted by molar-refractivity contribution is 6.30. The maximum atomic E-state index is 6.18. The Balaban J connectivity index is 2.58. The second-order valence-corrected chi connectivity index (χ2v) is 4.67. The third-order valence-corrected chi connectivity index (χ3v) is 3.23. The molecule has 98 valence electrons. The summed E-state index contributed by atoms with van der Waals surface area (Å²) in [5.74, 6) is 1.56. The molecule has 0 bridgehead atoms. The number of halogens is 1. The summed E-state index contributed by atoms with van der Waals surface area (Å²) in [4.78, 5) is 10.6. The lowest BCUT2D eigenvalue weighted by atomic mass is 10.3. The van der Waals surface area contributed by atoms with E-state index < -0.39 is 0 Å². The average Bonchev–Trinajstić information content (AvgIpc) is 2.78. The fraction of sp³-hybridized carbons (Fsp3) is 0.583. The molecule has 0 N–H and O–H groups in total. The SMILES string of the molecule is CCCN(CCC)c1c(C)c(Cl)nc2ncnn12. The molecule has 0 aliphatic carbocycles. The highest BCUT2D eigenvalue weighted by atomic mass is 35.5. The minimum Gasteiger partial charge on any atom is -0.356 e. The molecule has 2 aromatic rings. The Bertz CT molecular complexity index is 530. The molecule has 0 spiro atoms. The van der Waals surface area contributed by atoms with Crippen LogP contribution in [0.1, 0.15) is 32.3 Å². The second-order valence-electron chi connectivity index (χ2n) is 4.31. The standard InChI is InChI=1S/C12H18ClN5/c1-4-6-17(7-5-2)11-9(3)10(13)16-12-14-8-15-18(11)12/h8H,4-7H2,1-3H3. The number of nitrogens with zero attached hydrogens (tertiary/aromatic N) is 5. The van der Waals surface area contributed by atoms with Gasteiger partial charge in [0.25, 0.3) is 5.78 Å². The molecule has 0 aromatic carbocycles. The smallest absolute Gasteiger partial charge is 0.255 e. The summed E-state index contributed by atoms with van der Waals surface area (Å²) in [6, 6.07) is 0. The van der Waals surface area contributed by atoms with Gasteiger partial charge in [-0.15, -0.1) is 0 Å². The highest BCUT2D eigenvalue weighted by Gasteiger charge is 2.17.